The topological polar surface area (TPSA) is 75.1 Å². The van der Waals surface area contributed by atoms with Gasteiger partial charge in [-0.25, -0.2) is 9.97 Å². The third-order valence-corrected chi connectivity index (χ3v) is 2.44. The van der Waals surface area contributed by atoms with Crippen LogP contribution in [0.2, 0.25) is 0 Å². The Bertz CT molecular complexity index is 437. The van der Waals surface area contributed by atoms with E-state index in [4.69, 9.17) is 5.11 Å². The van der Waals surface area contributed by atoms with Gasteiger partial charge >= 0.3 is 12.1 Å². The summed E-state index contributed by atoms with van der Waals surface area (Å²) in [7, 11) is 0. The molecule has 2 N–H and O–H groups in total. The van der Waals surface area contributed by atoms with E-state index in [1.807, 2.05) is 6.92 Å². The van der Waals surface area contributed by atoms with Crippen molar-refractivity contribution in [1.29, 1.82) is 0 Å². The summed E-state index contributed by atoms with van der Waals surface area (Å²) in [6.45, 7) is 1.82. The Hall–Kier alpha value is -1.86. The van der Waals surface area contributed by atoms with Gasteiger partial charge in [-0.05, 0) is 12.5 Å². The van der Waals surface area contributed by atoms with Crippen molar-refractivity contribution in [2.45, 2.75) is 25.9 Å². The van der Waals surface area contributed by atoms with Gasteiger partial charge in [0, 0.05) is 12.7 Å². The van der Waals surface area contributed by atoms with Crippen molar-refractivity contribution in [2.75, 3.05) is 11.9 Å². The molecule has 0 saturated heterocycles. The summed E-state index contributed by atoms with van der Waals surface area (Å²) in [6.07, 6.45) is -2.47. The lowest BCUT2D eigenvalue weighted by molar-refractivity contribution is -0.142. The third-order valence-electron chi connectivity index (χ3n) is 2.44. The van der Waals surface area contributed by atoms with E-state index in [1.54, 1.807) is 0 Å². The molecule has 0 saturated carbocycles. The second kappa shape index (κ2) is 6.35. The summed E-state index contributed by atoms with van der Waals surface area (Å²) in [4.78, 5) is 17.8. The van der Waals surface area contributed by atoms with Crippen LogP contribution in [0.3, 0.4) is 0 Å². The van der Waals surface area contributed by atoms with Crippen molar-refractivity contribution in [1.82, 2.24) is 9.97 Å². The van der Waals surface area contributed by atoms with Crippen LogP contribution in [-0.4, -0.2) is 27.6 Å². The molecule has 0 radical (unpaired) electrons. The summed E-state index contributed by atoms with van der Waals surface area (Å²) < 4.78 is 37.2. The zero-order valence-electron chi connectivity index (χ0n) is 10.2. The average molecular weight is 277 g/mol. The maximum Gasteiger partial charge on any atom is 0.433 e. The normalized spacial score (nSPS) is 13.1. The molecule has 0 bridgehead atoms. The Morgan fingerprint density at radius 3 is 2.74 bits per heavy atom. The summed E-state index contributed by atoms with van der Waals surface area (Å²) in [5.41, 5.74) is -1.06. The maximum absolute atomic E-state index is 12.4. The molecule has 0 spiro atoms. The van der Waals surface area contributed by atoms with E-state index in [2.05, 4.69) is 15.3 Å². The second-order valence-electron chi connectivity index (χ2n) is 3.97. The van der Waals surface area contributed by atoms with E-state index in [0.717, 1.165) is 12.3 Å². The van der Waals surface area contributed by atoms with Gasteiger partial charge in [0.2, 0.25) is 5.95 Å². The van der Waals surface area contributed by atoms with Crippen LogP contribution in [0.15, 0.2) is 12.3 Å². The predicted octanol–water partition coefficient (Wildman–Crippen LogP) is 2.41. The van der Waals surface area contributed by atoms with E-state index in [9.17, 15) is 18.0 Å². The number of aliphatic carboxylic acids is 1. The number of carboxylic acid groups (broad SMARTS) is 1. The van der Waals surface area contributed by atoms with E-state index < -0.39 is 23.8 Å². The van der Waals surface area contributed by atoms with Crippen LogP contribution < -0.4 is 5.32 Å². The lowest BCUT2D eigenvalue weighted by Crippen LogP contribution is -2.24. The van der Waals surface area contributed by atoms with Crippen LogP contribution in [0.5, 0.6) is 0 Å². The molecule has 0 fully saturated rings. The first kappa shape index (κ1) is 15.2. The van der Waals surface area contributed by atoms with E-state index in [1.165, 1.54) is 0 Å². The molecular weight excluding hydrogens is 263 g/mol. The Labute approximate surface area is 107 Å². The highest BCUT2D eigenvalue weighted by Crippen LogP contribution is 2.27. The quantitative estimate of drug-likeness (QED) is 0.835. The van der Waals surface area contributed by atoms with Crippen molar-refractivity contribution in [3.8, 4) is 0 Å². The minimum atomic E-state index is -4.55. The van der Waals surface area contributed by atoms with Gasteiger partial charge in [0.05, 0.1) is 5.92 Å². The van der Waals surface area contributed by atoms with E-state index >= 15 is 0 Å². The number of aromatic nitrogens is 2. The van der Waals surface area contributed by atoms with Gasteiger partial charge in [-0.15, -0.1) is 0 Å². The van der Waals surface area contributed by atoms with Crippen LogP contribution in [0.1, 0.15) is 25.5 Å². The van der Waals surface area contributed by atoms with Gasteiger partial charge in [0.1, 0.15) is 5.69 Å². The molecule has 0 amide bonds. The van der Waals surface area contributed by atoms with Crippen LogP contribution in [0.25, 0.3) is 0 Å². The number of alkyl halides is 3. The van der Waals surface area contributed by atoms with Crippen LogP contribution in [0, 0.1) is 5.92 Å². The number of carbonyl (C=O) groups is 1. The number of anilines is 1. The SMILES string of the molecule is CCCC(CNc1nccc(C(F)(F)F)n1)C(=O)O. The highest BCUT2D eigenvalue weighted by Gasteiger charge is 2.32. The molecule has 1 atom stereocenters. The van der Waals surface area contributed by atoms with Crippen molar-refractivity contribution in [3.05, 3.63) is 18.0 Å². The third kappa shape index (κ3) is 4.72. The fourth-order valence-electron chi connectivity index (χ4n) is 1.48. The number of rotatable bonds is 6. The fraction of sp³-hybridized carbons (Fsp3) is 0.545. The van der Waals surface area contributed by atoms with Crippen molar-refractivity contribution >= 4 is 11.9 Å². The fourth-order valence-corrected chi connectivity index (χ4v) is 1.48. The highest BCUT2D eigenvalue weighted by atomic mass is 19.4. The zero-order valence-corrected chi connectivity index (χ0v) is 10.2. The van der Waals surface area contributed by atoms with Gasteiger partial charge in [-0.1, -0.05) is 13.3 Å². The summed E-state index contributed by atoms with van der Waals surface area (Å²) in [5.74, 6) is -1.90. The van der Waals surface area contributed by atoms with Crippen molar-refractivity contribution in [3.63, 3.8) is 0 Å². The Kier molecular flexibility index (Phi) is 5.08. The number of nitrogens with one attached hydrogen (secondary N) is 1. The molecule has 0 aromatic carbocycles. The lowest BCUT2D eigenvalue weighted by atomic mass is 10.0. The van der Waals surface area contributed by atoms with Gasteiger partial charge in [0.15, 0.2) is 0 Å². The Morgan fingerprint density at radius 1 is 1.53 bits per heavy atom. The average Bonchev–Trinajstić information content (AvgIpc) is 2.33. The molecule has 106 valence electrons. The smallest absolute Gasteiger partial charge is 0.433 e. The second-order valence-corrected chi connectivity index (χ2v) is 3.97. The van der Waals surface area contributed by atoms with Crippen LogP contribution in [0.4, 0.5) is 19.1 Å². The number of carboxylic acids is 1. The number of halogens is 3. The van der Waals surface area contributed by atoms with Gasteiger partial charge < -0.3 is 10.4 Å². The molecule has 19 heavy (non-hydrogen) atoms. The van der Waals surface area contributed by atoms with Gasteiger partial charge in [0.25, 0.3) is 0 Å². The summed E-state index contributed by atoms with van der Waals surface area (Å²) in [5, 5.41) is 11.4. The Morgan fingerprint density at radius 2 is 2.21 bits per heavy atom. The molecule has 1 unspecified atom stereocenters. The monoisotopic (exact) mass is 277 g/mol. The first-order valence-corrected chi connectivity index (χ1v) is 5.71. The van der Waals surface area contributed by atoms with Gasteiger partial charge in [-0.2, -0.15) is 13.2 Å². The number of nitrogens with zero attached hydrogens (tertiary/aromatic N) is 2. The molecule has 1 heterocycles. The summed E-state index contributed by atoms with van der Waals surface area (Å²) in [6, 6.07) is 0.756. The number of hydrogen-bond donors (Lipinski definition) is 2. The van der Waals surface area contributed by atoms with E-state index in [0.29, 0.717) is 12.8 Å². The molecule has 1 rings (SSSR count). The first-order chi connectivity index (χ1) is 8.84. The largest absolute Gasteiger partial charge is 0.481 e. The molecule has 5 nitrogen and oxygen atoms in total. The minimum absolute atomic E-state index is 0.00944. The summed E-state index contributed by atoms with van der Waals surface area (Å²) >= 11 is 0. The van der Waals surface area contributed by atoms with Crippen LogP contribution >= 0.6 is 0 Å². The molecule has 0 aliphatic carbocycles. The molecule has 1 aromatic rings. The van der Waals surface area contributed by atoms with Crippen molar-refractivity contribution in [2.24, 2.45) is 5.92 Å². The number of hydrogen-bond acceptors (Lipinski definition) is 4. The maximum atomic E-state index is 12.4. The van der Waals surface area contributed by atoms with Gasteiger partial charge in [-0.3, -0.25) is 4.79 Å². The molecule has 0 aliphatic heterocycles. The van der Waals surface area contributed by atoms with E-state index in [-0.39, 0.29) is 12.5 Å². The minimum Gasteiger partial charge on any atom is -0.481 e. The Balaban J connectivity index is 2.69. The predicted molar refractivity (Wildman–Crippen MR) is 61.6 cm³/mol. The van der Waals surface area contributed by atoms with Crippen LogP contribution in [-0.2, 0) is 11.0 Å². The highest BCUT2D eigenvalue weighted by molar-refractivity contribution is 5.70. The molecule has 1 aromatic heterocycles. The first-order valence-electron chi connectivity index (χ1n) is 5.71. The molecule has 0 aliphatic rings. The lowest BCUT2D eigenvalue weighted by Gasteiger charge is -2.13. The molecular formula is C11H14F3N3O2. The zero-order chi connectivity index (χ0) is 14.5. The standard InChI is InChI=1S/C11H14F3N3O2/c1-2-3-7(9(18)19)6-16-10-15-5-4-8(17-10)11(12,13)14/h4-5,7H,2-3,6H2,1H3,(H,18,19)(H,15,16,17). The van der Waals surface area contributed by atoms with Crippen molar-refractivity contribution < 1.29 is 23.1 Å². The molecule has 8 heteroatoms.